The first-order valence-corrected chi connectivity index (χ1v) is 5.69. The van der Waals surface area contributed by atoms with Crippen LogP contribution in [0.25, 0.3) is 11.5 Å². The second kappa shape index (κ2) is 4.14. The van der Waals surface area contributed by atoms with Crippen LogP contribution < -0.4 is 5.32 Å². The van der Waals surface area contributed by atoms with Crippen LogP contribution in [-0.2, 0) is 6.42 Å². The Kier molecular flexibility index (Phi) is 2.47. The smallest absolute Gasteiger partial charge is 0.377 e. The van der Waals surface area contributed by atoms with Crippen LogP contribution in [0.5, 0.6) is 0 Å². The molecule has 2 N–H and O–H groups in total. The number of nitrogens with zero attached hydrogens (tertiary/aromatic N) is 2. The summed E-state index contributed by atoms with van der Waals surface area (Å²) in [5.74, 6) is -1.24. The van der Waals surface area contributed by atoms with E-state index in [1.54, 1.807) is 0 Å². The van der Waals surface area contributed by atoms with Crippen LogP contribution in [0.3, 0.4) is 0 Å². The zero-order valence-electron chi connectivity index (χ0n) is 9.51. The molecule has 2 heterocycles. The van der Waals surface area contributed by atoms with E-state index in [0.29, 0.717) is 0 Å². The lowest BCUT2D eigenvalue weighted by atomic mass is 9.97. The molecule has 1 aliphatic rings. The summed E-state index contributed by atoms with van der Waals surface area (Å²) in [5.41, 5.74) is 2.96. The van der Waals surface area contributed by atoms with Gasteiger partial charge in [0.1, 0.15) is 0 Å². The van der Waals surface area contributed by atoms with E-state index in [0.717, 1.165) is 36.2 Å². The van der Waals surface area contributed by atoms with Gasteiger partial charge in [-0.05, 0) is 35.7 Å². The van der Waals surface area contributed by atoms with E-state index in [4.69, 9.17) is 9.63 Å². The second-order valence-electron chi connectivity index (χ2n) is 4.09. The lowest BCUT2D eigenvalue weighted by Gasteiger charge is -2.19. The van der Waals surface area contributed by atoms with Crippen LogP contribution in [0.2, 0.25) is 0 Å². The summed E-state index contributed by atoms with van der Waals surface area (Å²) in [6.45, 7) is 0.945. The number of fused-ring (bicyclic) bond motifs is 1. The zero-order valence-corrected chi connectivity index (χ0v) is 9.51. The van der Waals surface area contributed by atoms with E-state index in [1.165, 1.54) is 0 Å². The molecule has 0 radical (unpaired) electrons. The van der Waals surface area contributed by atoms with E-state index in [-0.39, 0.29) is 11.7 Å². The van der Waals surface area contributed by atoms with Crippen molar-refractivity contribution in [3.05, 3.63) is 29.6 Å². The van der Waals surface area contributed by atoms with Gasteiger partial charge in [-0.25, -0.2) is 4.79 Å². The van der Waals surface area contributed by atoms with Crippen molar-refractivity contribution in [1.82, 2.24) is 10.1 Å². The number of aromatic nitrogens is 2. The molecule has 6 heteroatoms. The summed E-state index contributed by atoms with van der Waals surface area (Å²) in [6.07, 6.45) is 1.95. The highest BCUT2D eigenvalue weighted by Crippen LogP contribution is 2.31. The van der Waals surface area contributed by atoms with Crippen LogP contribution in [0, 0.1) is 0 Å². The molecule has 1 aromatic carbocycles. The average Bonchev–Trinajstić information content (AvgIpc) is 2.87. The molecule has 6 nitrogen and oxygen atoms in total. The van der Waals surface area contributed by atoms with Gasteiger partial charge in [0.25, 0.3) is 11.7 Å². The van der Waals surface area contributed by atoms with Crippen molar-refractivity contribution >= 4 is 11.7 Å². The highest BCUT2D eigenvalue weighted by Gasteiger charge is 2.19. The average molecular weight is 245 g/mol. The van der Waals surface area contributed by atoms with Crippen molar-refractivity contribution in [3.63, 3.8) is 0 Å². The molecule has 0 aliphatic carbocycles. The predicted molar refractivity (Wildman–Crippen MR) is 63.5 cm³/mol. The fraction of sp³-hybridized carbons (Fsp3) is 0.250. The number of rotatable bonds is 2. The van der Waals surface area contributed by atoms with Crippen molar-refractivity contribution < 1.29 is 14.4 Å². The molecule has 2 aromatic rings. The van der Waals surface area contributed by atoms with Crippen LogP contribution in [0.15, 0.2) is 22.7 Å². The number of carboxylic acids is 1. The Hall–Kier alpha value is -2.37. The minimum Gasteiger partial charge on any atom is -0.475 e. The molecule has 0 bridgehead atoms. The third-order valence-corrected chi connectivity index (χ3v) is 2.94. The largest absolute Gasteiger partial charge is 0.475 e. The van der Waals surface area contributed by atoms with Gasteiger partial charge in [-0.2, -0.15) is 4.98 Å². The van der Waals surface area contributed by atoms with Gasteiger partial charge in [0, 0.05) is 17.8 Å². The van der Waals surface area contributed by atoms with Crippen molar-refractivity contribution in [2.24, 2.45) is 0 Å². The maximum Gasteiger partial charge on any atom is 0.377 e. The molecule has 0 fully saturated rings. The number of aromatic carboxylic acids is 1. The number of carboxylic acid groups (broad SMARTS) is 1. The third-order valence-electron chi connectivity index (χ3n) is 2.94. The number of nitrogens with one attached hydrogen (secondary N) is 1. The summed E-state index contributed by atoms with van der Waals surface area (Å²) in [4.78, 5) is 14.6. The number of hydrogen-bond acceptors (Lipinski definition) is 5. The van der Waals surface area contributed by atoms with Crippen molar-refractivity contribution in [2.45, 2.75) is 12.8 Å². The van der Waals surface area contributed by atoms with E-state index >= 15 is 0 Å². The summed E-state index contributed by atoms with van der Waals surface area (Å²) in [7, 11) is 0. The van der Waals surface area contributed by atoms with Gasteiger partial charge in [-0.3, -0.25) is 0 Å². The number of hydrogen-bond donors (Lipinski definition) is 2. The molecule has 92 valence electrons. The summed E-state index contributed by atoms with van der Waals surface area (Å²) in [5, 5.41) is 15.5. The standard InChI is InChI=1S/C12H11N3O3/c16-12(17)10-14-11(18-15-10)8-3-1-5-9-7(8)4-2-6-13-9/h1,3,5,13H,2,4,6H2,(H,16,17). The fourth-order valence-electron chi connectivity index (χ4n) is 2.13. The molecule has 18 heavy (non-hydrogen) atoms. The number of benzene rings is 1. The quantitative estimate of drug-likeness (QED) is 0.838. The Morgan fingerprint density at radius 3 is 3.11 bits per heavy atom. The minimum atomic E-state index is -1.19. The fourth-order valence-corrected chi connectivity index (χ4v) is 2.13. The Morgan fingerprint density at radius 2 is 2.33 bits per heavy atom. The number of anilines is 1. The Morgan fingerprint density at radius 1 is 1.44 bits per heavy atom. The van der Waals surface area contributed by atoms with Crippen LogP contribution >= 0.6 is 0 Å². The van der Waals surface area contributed by atoms with Crippen molar-refractivity contribution in [3.8, 4) is 11.5 Å². The normalized spacial score (nSPS) is 13.8. The SMILES string of the molecule is O=C(O)c1noc(-c2cccc3c2CCCN3)n1. The lowest BCUT2D eigenvalue weighted by molar-refractivity contribution is 0.0680. The molecule has 0 amide bonds. The Labute approximate surface area is 103 Å². The Balaban J connectivity index is 2.08. The molecule has 3 rings (SSSR count). The molecule has 0 spiro atoms. The maximum atomic E-state index is 10.7. The van der Waals surface area contributed by atoms with Gasteiger partial charge in [0.05, 0.1) is 0 Å². The molecule has 1 aliphatic heterocycles. The molecular formula is C12H11N3O3. The monoisotopic (exact) mass is 245 g/mol. The summed E-state index contributed by atoms with van der Waals surface area (Å²) >= 11 is 0. The zero-order chi connectivity index (χ0) is 12.5. The molecule has 0 saturated heterocycles. The first-order chi connectivity index (χ1) is 8.75. The highest BCUT2D eigenvalue weighted by molar-refractivity contribution is 5.83. The molecule has 0 unspecified atom stereocenters. The van der Waals surface area contributed by atoms with Crippen molar-refractivity contribution in [2.75, 3.05) is 11.9 Å². The highest BCUT2D eigenvalue weighted by atomic mass is 16.5. The van der Waals surface area contributed by atoms with Gasteiger partial charge in [0.15, 0.2) is 0 Å². The summed E-state index contributed by atoms with van der Waals surface area (Å²) in [6, 6.07) is 5.74. The van der Waals surface area contributed by atoms with E-state index in [9.17, 15) is 4.79 Å². The summed E-state index contributed by atoms with van der Waals surface area (Å²) < 4.78 is 5.01. The minimum absolute atomic E-state index is 0.257. The third kappa shape index (κ3) is 1.71. The molecule has 1 aromatic heterocycles. The molecular weight excluding hydrogens is 234 g/mol. The molecule has 0 atom stereocenters. The van der Waals surface area contributed by atoms with Gasteiger partial charge < -0.3 is 14.9 Å². The first-order valence-electron chi connectivity index (χ1n) is 5.69. The van der Waals surface area contributed by atoms with Crippen LogP contribution in [0.1, 0.15) is 22.6 Å². The topological polar surface area (TPSA) is 88.2 Å². The van der Waals surface area contributed by atoms with E-state index < -0.39 is 5.97 Å². The maximum absolute atomic E-state index is 10.7. The van der Waals surface area contributed by atoms with Crippen LogP contribution in [0.4, 0.5) is 5.69 Å². The lowest BCUT2D eigenvalue weighted by Crippen LogP contribution is -2.12. The molecule has 0 saturated carbocycles. The van der Waals surface area contributed by atoms with Gasteiger partial charge in [-0.15, -0.1) is 0 Å². The van der Waals surface area contributed by atoms with Gasteiger partial charge in [-0.1, -0.05) is 6.07 Å². The van der Waals surface area contributed by atoms with E-state index in [1.807, 2.05) is 18.2 Å². The first kappa shape index (κ1) is 10.8. The van der Waals surface area contributed by atoms with E-state index in [2.05, 4.69) is 15.5 Å². The Bertz CT molecular complexity index is 606. The number of carbonyl (C=O) groups is 1. The van der Waals surface area contributed by atoms with Crippen molar-refractivity contribution in [1.29, 1.82) is 0 Å². The second-order valence-corrected chi connectivity index (χ2v) is 4.09. The predicted octanol–water partition coefficient (Wildman–Crippen LogP) is 1.79. The van der Waals surface area contributed by atoms with Gasteiger partial charge >= 0.3 is 5.97 Å². The van der Waals surface area contributed by atoms with Gasteiger partial charge in [0.2, 0.25) is 0 Å². The van der Waals surface area contributed by atoms with Crippen LogP contribution in [-0.4, -0.2) is 27.8 Å².